The van der Waals surface area contributed by atoms with E-state index in [0.29, 0.717) is 24.4 Å². The molecule has 1 aliphatic rings. The molecule has 3 heterocycles. The first-order valence-electron chi connectivity index (χ1n) is 12.1. The van der Waals surface area contributed by atoms with Crippen LogP contribution in [0.15, 0.2) is 83.6 Å². The number of urea groups is 1. The lowest BCUT2D eigenvalue weighted by molar-refractivity contribution is -0.119. The van der Waals surface area contributed by atoms with Gasteiger partial charge in [0.15, 0.2) is 11.6 Å². The normalized spacial score (nSPS) is 14.1. The smallest absolute Gasteiger partial charge is 0.322 e. The van der Waals surface area contributed by atoms with Crippen LogP contribution in [-0.2, 0) is 4.79 Å². The average molecular weight is 505 g/mol. The van der Waals surface area contributed by atoms with Gasteiger partial charge in [-0.15, -0.1) is 0 Å². The van der Waals surface area contributed by atoms with Crippen molar-refractivity contribution >= 4 is 23.3 Å². The van der Waals surface area contributed by atoms with Crippen molar-refractivity contribution in [1.29, 1.82) is 0 Å². The zero-order valence-electron chi connectivity index (χ0n) is 20.2. The molecule has 0 saturated carbocycles. The largest absolute Gasteiger partial charge is 0.467 e. The molecule has 37 heavy (non-hydrogen) atoms. The first-order chi connectivity index (χ1) is 18.0. The number of halogens is 2. The Kier molecular flexibility index (Phi) is 6.76. The summed E-state index contributed by atoms with van der Waals surface area (Å²) in [6.45, 7) is 2.08. The second-order valence-corrected chi connectivity index (χ2v) is 8.81. The third kappa shape index (κ3) is 4.72. The molecule has 0 aliphatic carbocycles. The number of anilines is 2. The number of para-hydroxylation sites is 2. The lowest BCUT2D eigenvalue weighted by Gasteiger charge is -2.38. The summed E-state index contributed by atoms with van der Waals surface area (Å²) in [4.78, 5) is 30.2. The Bertz CT molecular complexity index is 1420. The van der Waals surface area contributed by atoms with E-state index in [2.05, 4.69) is 5.32 Å². The maximum atomic E-state index is 14.0. The number of nitrogens with zero attached hydrogens (tertiary/aromatic N) is 3. The van der Waals surface area contributed by atoms with Gasteiger partial charge in [-0.3, -0.25) is 9.69 Å². The Morgan fingerprint density at radius 3 is 2.54 bits per heavy atom. The van der Waals surface area contributed by atoms with E-state index in [0.717, 1.165) is 29.9 Å². The molecule has 0 spiro atoms. The van der Waals surface area contributed by atoms with E-state index in [1.165, 1.54) is 11.0 Å². The predicted octanol–water partition coefficient (Wildman–Crippen LogP) is 6.12. The molecule has 1 unspecified atom stereocenters. The minimum Gasteiger partial charge on any atom is -0.467 e. The highest BCUT2D eigenvalue weighted by molar-refractivity contribution is 6.01. The van der Waals surface area contributed by atoms with Crippen molar-refractivity contribution in [3.8, 4) is 5.69 Å². The molecule has 190 valence electrons. The van der Waals surface area contributed by atoms with E-state index < -0.39 is 23.7 Å². The van der Waals surface area contributed by atoms with Crippen LogP contribution in [0.5, 0.6) is 0 Å². The summed E-state index contributed by atoms with van der Waals surface area (Å²) >= 11 is 0. The summed E-state index contributed by atoms with van der Waals surface area (Å²) in [7, 11) is 0. The van der Waals surface area contributed by atoms with E-state index in [1.54, 1.807) is 17.2 Å². The van der Waals surface area contributed by atoms with Gasteiger partial charge in [-0.25, -0.2) is 13.6 Å². The fourth-order valence-corrected chi connectivity index (χ4v) is 4.59. The van der Waals surface area contributed by atoms with Crippen LogP contribution in [0.2, 0.25) is 0 Å². The topological polar surface area (TPSA) is 70.7 Å². The number of unbranched alkanes of at least 4 members (excludes halogenated alkanes) is 1. The van der Waals surface area contributed by atoms with Crippen molar-refractivity contribution in [3.63, 3.8) is 0 Å². The zero-order chi connectivity index (χ0) is 25.9. The van der Waals surface area contributed by atoms with Crippen LogP contribution in [0, 0.1) is 11.6 Å². The first kappa shape index (κ1) is 24.3. The van der Waals surface area contributed by atoms with Crippen molar-refractivity contribution in [2.75, 3.05) is 23.3 Å². The van der Waals surface area contributed by atoms with Gasteiger partial charge in [-0.2, -0.15) is 0 Å². The van der Waals surface area contributed by atoms with E-state index in [4.69, 9.17) is 4.42 Å². The van der Waals surface area contributed by atoms with Gasteiger partial charge >= 0.3 is 6.03 Å². The summed E-state index contributed by atoms with van der Waals surface area (Å²) in [5.74, 6) is -1.79. The molecule has 9 heteroatoms. The van der Waals surface area contributed by atoms with Crippen LogP contribution in [-0.4, -0.2) is 34.5 Å². The van der Waals surface area contributed by atoms with E-state index in [1.807, 2.05) is 60.2 Å². The predicted molar refractivity (Wildman–Crippen MR) is 136 cm³/mol. The van der Waals surface area contributed by atoms with Crippen molar-refractivity contribution in [2.24, 2.45) is 0 Å². The molecule has 4 aromatic rings. The van der Waals surface area contributed by atoms with Gasteiger partial charge in [-0.1, -0.05) is 25.5 Å². The lowest BCUT2D eigenvalue weighted by Crippen LogP contribution is -2.47. The van der Waals surface area contributed by atoms with Gasteiger partial charge < -0.3 is 19.2 Å². The Labute approximate surface area is 212 Å². The summed E-state index contributed by atoms with van der Waals surface area (Å²) in [5, 5.41) is 2.58. The maximum Gasteiger partial charge on any atom is 0.322 e. The number of hydrogen-bond acceptors (Lipinski definition) is 3. The second-order valence-electron chi connectivity index (χ2n) is 8.81. The highest BCUT2D eigenvalue weighted by Crippen LogP contribution is 2.42. The molecule has 0 bridgehead atoms. The fourth-order valence-electron chi connectivity index (χ4n) is 4.59. The molecule has 2 aromatic carbocycles. The van der Waals surface area contributed by atoms with Crippen LogP contribution in [0.25, 0.3) is 5.69 Å². The molecule has 1 aliphatic heterocycles. The highest BCUT2D eigenvalue weighted by atomic mass is 19.2. The number of hydrogen-bond donors (Lipinski definition) is 1. The molecule has 0 radical (unpaired) electrons. The Hall–Kier alpha value is -4.40. The van der Waals surface area contributed by atoms with Gasteiger partial charge in [0.05, 0.1) is 23.3 Å². The van der Waals surface area contributed by atoms with Gasteiger partial charge in [0.2, 0.25) is 5.91 Å². The van der Waals surface area contributed by atoms with Crippen molar-refractivity contribution in [2.45, 2.75) is 25.8 Å². The number of rotatable bonds is 7. The Morgan fingerprint density at radius 2 is 1.81 bits per heavy atom. The van der Waals surface area contributed by atoms with Gasteiger partial charge in [0.25, 0.3) is 0 Å². The van der Waals surface area contributed by atoms with Crippen LogP contribution < -0.4 is 10.2 Å². The number of amides is 3. The number of fused-ring (bicyclic) bond motifs is 3. The third-order valence-corrected chi connectivity index (χ3v) is 6.37. The number of nitrogens with one attached hydrogen (secondary N) is 1. The van der Waals surface area contributed by atoms with Gasteiger partial charge in [-0.05, 0) is 55.0 Å². The molecular weight excluding hydrogens is 478 g/mol. The zero-order valence-corrected chi connectivity index (χ0v) is 20.2. The minimum absolute atomic E-state index is 0.104. The number of benzene rings is 2. The lowest BCUT2D eigenvalue weighted by atomic mass is 10.0. The molecule has 5 rings (SSSR count). The van der Waals surface area contributed by atoms with Crippen LogP contribution in [0.3, 0.4) is 0 Å². The van der Waals surface area contributed by atoms with Crippen molar-refractivity contribution < 1.29 is 22.8 Å². The van der Waals surface area contributed by atoms with Crippen molar-refractivity contribution in [1.82, 2.24) is 9.47 Å². The second kappa shape index (κ2) is 10.3. The van der Waals surface area contributed by atoms with Gasteiger partial charge in [0.1, 0.15) is 18.3 Å². The number of aromatic nitrogens is 1. The molecule has 1 atom stereocenters. The van der Waals surface area contributed by atoms with Crippen LogP contribution >= 0.6 is 0 Å². The summed E-state index contributed by atoms with van der Waals surface area (Å²) < 4.78 is 34.8. The van der Waals surface area contributed by atoms with E-state index in [9.17, 15) is 18.4 Å². The van der Waals surface area contributed by atoms with Crippen molar-refractivity contribution in [3.05, 3.63) is 102 Å². The Morgan fingerprint density at radius 1 is 1.00 bits per heavy atom. The first-order valence-corrected chi connectivity index (χ1v) is 12.1. The Balaban J connectivity index is 1.47. The third-order valence-electron chi connectivity index (χ3n) is 6.37. The van der Waals surface area contributed by atoms with Crippen LogP contribution in [0.1, 0.15) is 37.3 Å². The standard InChI is InChI=1S/C28H26F2N4O3/c1-2-3-14-32(28(36)31-19-12-13-20(29)21(30)17-19)18-26(35)34-23-9-5-4-8-22(23)33-15-6-10-24(33)27(34)25-11-7-16-37-25/h4-13,15-17,27H,2-3,14,18H2,1H3,(H,31,36). The molecule has 2 aromatic heterocycles. The summed E-state index contributed by atoms with van der Waals surface area (Å²) in [6.07, 6.45) is 4.97. The fraction of sp³-hybridized carbons (Fsp3) is 0.214. The highest BCUT2D eigenvalue weighted by Gasteiger charge is 2.38. The molecule has 0 fully saturated rings. The maximum absolute atomic E-state index is 14.0. The number of furan rings is 1. The molecule has 0 saturated heterocycles. The monoisotopic (exact) mass is 504 g/mol. The molecular formula is C28H26F2N4O3. The summed E-state index contributed by atoms with van der Waals surface area (Å²) in [6, 6.07) is 17.0. The quantitative estimate of drug-likeness (QED) is 0.330. The number of carbonyl (C=O) groups is 2. The molecule has 3 amide bonds. The SMILES string of the molecule is CCCCN(CC(=O)N1c2ccccc2-n2cccc2C1c1ccco1)C(=O)Nc1ccc(F)c(F)c1. The van der Waals surface area contributed by atoms with Gasteiger partial charge in [0, 0.05) is 24.5 Å². The minimum atomic E-state index is -1.07. The van der Waals surface area contributed by atoms with E-state index >= 15 is 0 Å². The number of carbonyl (C=O) groups excluding carboxylic acids is 2. The average Bonchev–Trinajstić information content (AvgIpc) is 3.60. The molecule has 1 N–H and O–H groups in total. The van der Waals surface area contributed by atoms with Crippen LogP contribution in [0.4, 0.5) is 25.0 Å². The summed E-state index contributed by atoms with van der Waals surface area (Å²) in [5.41, 5.74) is 2.49. The molecule has 7 nitrogen and oxygen atoms in total. The van der Waals surface area contributed by atoms with E-state index in [-0.39, 0.29) is 18.1 Å².